The fourth-order valence-electron chi connectivity index (χ4n) is 2.49. The number of hydrogen-bond acceptors (Lipinski definition) is 5. The second-order valence-corrected chi connectivity index (χ2v) is 5.34. The SMILES string of the molecule is C#C.O=C(/C=C\c1ccc(O)c(O)c1)O[C@H]1CCCC(C(=O)O)C1. The highest BCUT2D eigenvalue weighted by Gasteiger charge is 2.28. The van der Waals surface area contributed by atoms with Crippen LogP contribution in [0.15, 0.2) is 24.3 Å². The Kier molecular flexibility index (Phi) is 7.37. The minimum Gasteiger partial charge on any atom is -0.504 e. The highest BCUT2D eigenvalue weighted by atomic mass is 16.5. The van der Waals surface area contributed by atoms with Gasteiger partial charge in [-0.1, -0.05) is 6.07 Å². The number of hydrogen-bond donors (Lipinski definition) is 3. The summed E-state index contributed by atoms with van der Waals surface area (Å²) in [6.07, 6.45) is 12.7. The van der Waals surface area contributed by atoms with Crippen molar-refractivity contribution >= 4 is 18.0 Å². The first-order valence-corrected chi connectivity index (χ1v) is 7.42. The minimum atomic E-state index is -0.851. The molecule has 6 heteroatoms. The second-order valence-electron chi connectivity index (χ2n) is 5.34. The fraction of sp³-hybridized carbons (Fsp3) is 0.333. The number of carbonyl (C=O) groups excluding carboxylic acids is 1. The number of esters is 1. The third-order valence-corrected chi connectivity index (χ3v) is 3.67. The van der Waals surface area contributed by atoms with Crippen molar-refractivity contribution in [1.29, 1.82) is 0 Å². The molecule has 1 saturated carbocycles. The molecule has 1 unspecified atom stereocenters. The summed E-state index contributed by atoms with van der Waals surface area (Å²) in [5.41, 5.74) is 0.541. The fourth-order valence-corrected chi connectivity index (χ4v) is 2.49. The molecule has 0 aromatic heterocycles. The van der Waals surface area contributed by atoms with E-state index >= 15 is 0 Å². The lowest BCUT2D eigenvalue weighted by molar-refractivity contribution is -0.151. The molecular weight excluding hydrogens is 312 g/mol. The molecule has 0 amide bonds. The van der Waals surface area contributed by atoms with Gasteiger partial charge in [-0.05, 0) is 49.5 Å². The molecule has 1 aromatic rings. The van der Waals surface area contributed by atoms with Crippen LogP contribution in [0.5, 0.6) is 11.5 Å². The van der Waals surface area contributed by atoms with Crippen LogP contribution in [0, 0.1) is 18.8 Å². The van der Waals surface area contributed by atoms with Crippen molar-refractivity contribution in [1.82, 2.24) is 0 Å². The van der Waals surface area contributed by atoms with E-state index in [1.165, 1.54) is 24.3 Å². The van der Waals surface area contributed by atoms with Crippen molar-refractivity contribution in [3.05, 3.63) is 29.8 Å². The number of aromatic hydroxyl groups is 2. The zero-order valence-corrected chi connectivity index (χ0v) is 13.1. The Balaban J connectivity index is 0.00000139. The van der Waals surface area contributed by atoms with E-state index in [0.29, 0.717) is 24.8 Å². The Hall–Kier alpha value is -2.94. The van der Waals surface area contributed by atoms with E-state index in [1.54, 1.807) is 6.07 Å². The number of carboxylic acid groups (broad SMARTS) is 1. The van der Waals surface area contributed by atoms with Crippen LogP contribution in [0.2, 0.25) is 0 Å². The molecule has 1 aliphatic rings. The topological polar surface area (TPSA) is 104 Å². The normalized spacial score (nSPS) is 19.9. The molecule has 0 heterocycles. The van der Waals surface area contributed by atoms with Crippen LogP contribution in [0.1, 0.15) is 31.2 Å². The Bertz CT molecular complexity index is 632. The van der Waals surface area contributed by atoms with Gasteiger partial charge in [-0.2, -0.15) is 0 Å². The maximum Gasteiger partial charge on any atom is 0.331 e. The first-order valence-electron chi connectivity index (χ1n) is 7.42. The van der Waals surface area contributed by atoms with E-state index < -0.39 is 17.9 Å². The van der Waals surface area contributed by atoms with Gasteiger partial charge in [-0.3, -0.25) is 4.79 Å². The third-order valence-electron chi connectivity index (χ3n) is 3.67. The summed E-state index contributed by atoms with van der Waals surface area (Å²) in [4.78, 5) is 22.7. The number of rotatable bonds is 4. The summed E-state index contributed by atoms with van der Waals surface area (Å²) in [7, 11) is 0. The minimum absolute atomic E-state index is 0.235. The number of carbonyl (C=O) groups is 2. The largest absolute Gasteiger partial charge is 0.504 e. The lowest BCUT2D eigenvalue weighted by atomic mass is 9.87. The molecule has 2 rings (SSSR count). The Labute approximate surface area is 140 Å². The molecule has 0 spiro atoms. The molecule has 6 nitrogen and oxygen atoms in total. The van der Waals surface area contributed by atoms with Gasteiger partial charge in [0.15, 0.2) is 11.5 Å². The zero-order chi connectivity index (χ0) is 18.1. The first kappa shape index (κ1) is 19.1. The maximum atomic E-state index is 11.7. The Morgan fingerprint density at radius 1 is 1.17 bits per heavy atom. The van der Waals surface area contributed by atoms with Gasteiger partial charge in [0.1, 0.15) is 6.10 Å². The number of phenols is 2. The van der Waals surface area contributed by atoms with Gasteiger partial charge < -0.3 is 20.1 Å². The number of phenolic OH excluding ortho intramolecular Hbond substituents is 2. The van der Waals surface area contributed by atoms with Gasteiger partial charge in [-0.25, -0.2) is 4.79 Å². The predicted molar refractivity (Wildman–Crippen MR) is 88.2 cm³/mol. The molecule has 128 valence electrons. The van der Waals surface area contributed by atoms with Crippen LogP contribution in [-0.2, 0) is 14.3 Å². The van der Waals surface area contributed by atoms with Crippen LogP contribution < -0.4 is 0 Å². The first-order chi connectivity index (χ1) is 11.5. The van der Waals surface area contributed by atoms with Gasteiger partial charge in [0, 0.05) is 6.08 Å². The van der Waals surface area contributed by atoms with Crippen molar-refractivity contribution < 1.29 is 29.6 Å². The van der Waals surface area contributed by atoms with Crippen LogP contribution in [0.3, 0.4) is 0 Å². The highest BCUT2D eigenvalue weighted by molar-refractivity contribution is 5.87. The van der Waals surface area contributed by atoms with Crippen LogP contribution in [-0.4, -0.2) is 33.4 Å². The highest BCUT2D eigenvalue weighted by Crippen LogP contribution is 2.27. The molecule has 1 fully saturated rings. The molecule has 1 aromatic carbocycles. The van der Waals surface area contributed by atoms with Gasteiger partial charge in [0.2, 0.25) is 0 Å². The third kappa shape index (κ3) is 5.69. The summed E-state index contributed by atoms with van der Waals surface area (Å²) in [5, 5.41) is 27.5. The Morgan fingerprint density at radius 3 is 2.50 bits per heavy atom. The van der Waals surface area contributed by atoms with E-state index in [1.807, 2.05) is 0 Å². The molecule has 0 aliphatic heterocycles. The molecular formula is C18H20O6. The smallest absolute Gasteiger partial charge is 0.331 e. The number of carboxylic acids is 1. The van der Waals surface area contributed by atoms with E-state index in [-0.39, 0.29) is 17.6 Å². The molecule has 1 aliphatic carbocycles. The number of ether oxygens (including phenoxy) is 1. The number of aliphatic carboxylic acids is 1. The van der Waals surface area contributed by atoms with Crippen molar-refractivity contribution in [3.63, 3.8) is 0 Å². The van der Waals surface area contributed by atoms with Crippen molar-refractivity contribution in [3.8, 4) is 24.3 Å². The molecule has 24 heavy (non-hydrogen) atoms. The molecule has 2 atom stereocenters. The van der Waals surface area contributed by atoms with Crippen molar-refractivity contribution in [2.75, 3.05) is 0 Å². The summed E-state index contributed by atoms with van der Waals surface area (Å²) >= 11 is 0. The van der Waals surface area contributed by atoms with Gasteiger partial charge >= 0.3 is 11.9 Å². The summed E-state index contributed by atoms with van der Waals surface area (Å²) in [6.45, 7) is 0. The summed E-state index contributed by atoms with van der Waals surface area (Å²) in [5.74, 6) is -2.36. The molecule has 3 N–H and O–H groups in total. The summed E-state index contributed by atoms with van der Waals surface area (Å²) < 4.78 is 5.25. The standard InChI is InChI=1S/C16H18O6.C2H2/c17-13-6-4-10(8-14(13)18)5-7-15(19)22-12-3-1-2-11(9-12)16(20)21;1-2/h4-8,11-12,17-18H,1-3,9H2,(H,20,21);1-2H/b7-5-;/t11?,12-;/m0./s1. The van der Waals surface area contributed by atoms with Gasteiger partial charge in [0.05, 0.1) is 5.92 Å². The average Bonchev–Trinajstić information content (AvgIpc) is 2.58. The van der Waals surface area contributed by atoms with Crippen molar-refractivity contribution in [2.45, 2.75) is 31.8 Å². The maximum absolute atomic E-state index is 11.7. The predicted octanol–water partition coefficient (Wildman–Crippen LogP) is 2.55. The van der Waals surface area contributed by atoms with Crippen LogP contribution in [0.25, 0.3) is 6.08 Å². The number of benzene rings is 1. The van der Waals surface area contributed by atoms with Crippen LogP contribution >= 0.6 is 0 Å². The van der Waals surface area contributed by atoms with Crippen LogP contribution in [0.4, 0.5) is 0 Å². The molecule has 0 radical (unpaired) electrons. The summed E-state index contributed by atoms with van der Waals surface area (Å²) in [6, 6.07) is 4.18. The van der Waals surface area contributed by atoms with Crippen molar-refractivity contribution in [2.24, 2.45) is 5.92 Å². The van der Waals surface area contributed by atoms with E-state index in [0.717, 1.165) is 6.42 Å². The second kappa shape index (κ2) is 9.26. The molecule has 0 saturated heterocycles. The Morgan fingerprint density at radius 2 is 1.88 bits per heavy atom. The zero-order valence-electron chi connectivity index (χ0n) is 13.1. The molecule has 0 bridgehead atoms. The average molecular weight is 332 g/mol. The number of terminal acetylenes is 1. The van der Waals surface area contributed by atoms with E-state index in [9.17, 15) is 19.8 Å². The van der Waals surface area contributed by atoms with Gasteiger partial charge in [0.25, 0.3) is 0 Å². The lowest BCUT2D eigenvalue weighted by Crippen LogP contribution is -2.28. The van der Waals surface area contributed by atoms with Gasteiger partial charge in [-0.15, -0.1) is 12.8 Å². The quantitative estimate of drug-likeness (QED) is 0.339. The van der Waals surface area contributed by atoms with E-state index in [2.05, 4.69) is 12.8 Å². The van der Waals surface area contributed by atoms with E-state index in [4.69, 9.17) is 9.84 Å². The monoisotopic (exact) mass is 332 g/mol. The lowest BCUT2D eigenvalue weighted by Gasteiger charge is -2.25.